The second-order valence-electron chi connectivity index (χ2n) is 4.05. The highest BCUT2D eigenvalue weighted by Crippen LogP contribution is 2.20. The number of aryl methyl sites for hydroxylation is 1. The van der Waals surface area contributed by atoms with Crippen LogP contribution in [0.2, 0.25) is 5.02 Å². The Morgan fingerprint density at radius 3 is 2.26 bits per heavy atom. The van der Waals surface area contributed by atoms with Crippen molar-refractivity contribution in [3.63, 3.8) is 0 Å². The number of rotatable bonds is 2. The van der Waals surface area contributed by atoms with Gasteiger partial charge in [0.2, 0.25) is 0 Å². The Morgan fingerprint density at radius 1 is 1.05 bits per heavy atom. The molecule has 2 aromatic carbocycles. The van der Waals surface area contributed by atoms with Gasteiger partial charge < -0.3 is 10.6 Å². The topological polar surface area (TPSA) is 41.1 Å². The molecule has 3 nitrogen and oxygen atoms in total. The van der Waals surface area contributed by atoms with Crippen LogP contribution in [0.15, 0.2) is 42.5 Å². The predicted molar refractivity (Wildman–Crippen MR) is 88.0 cm³/mol. The van der Waals surface area contributed by atoms with E-state index in [1.807, 2.05) is 43.3 Å². The van der Waals surface area contributed by atoms with Crippen molar-refractivity contribution in [2.24, 2.45) is 0 Å². The van der Waals surface area contributed by atoms with Gasteiger partial charge in [-0.05, 0) is 71.5 Å². The SMILES string of the molecule is Cc1ccc(NC(=O)Nc2ccc(I)cc2)cc1Cl. The van der Waals surface area contributed by atoms with Crippen LogP contribution in [0.1, 0.15) is 5.56 Å². The summed E-state index contributed by atoms with van der Waals surface area (Å²) in [5.74, 6) is 0. The molecular weight excluding hydrogens is 375 g/mol. The van der Waals surface area contributed by atoms with E-state index < -0.39 is 0 Å². The van der Waals surface area contributed by atoms with Crippen molar-refractivity contribution in [2.45, 2.75) is 6.92 Å². The molecule has 0 aliphatic rings. The van der Waals surface area contributed by atoms with E-state index in [4.69, 9.17) is 11.6 Å². The molecule has 0 aliphatic heterocycles. The quantitative estimate of drug-likeness (QED) is 0.708. The summed E-state index contributed by atoms with van der Waals surface area (Å²) >= 11 is 8.21. The second kappa shape index (κ2) is 6.25. The van der Waals surface area contributed by atoms with Crippen molar-refractivity contribution in [2.75, 3.05) is 10.6 Å². The number of hydrogen-bond donors (Lipinski definition) is 2. The van der Waals surface area contributed by atoms with Crippen LogP contribution in [0, 0.1) is 10.5 Å². The molecule has 0 aromatic heterocycles. The van der Waals surface area contributed by atoms with Crippen molar-refractivity contribution in [3.05, 3.63) is 56.6 Å². The Kier molecular flexibility index (Phi) is 4.66. The summed E-state index contributed by atoms with van der Waals surface area (Å²) in [6.45, 7) is 1.91. The van der Waals surface area contributed by atoms with E-state index in [-0.39, 0.29) is 6.03 Å². The first kappa shape index (κ1) is 14.1. The van der Waals surface area contributed by atoms with Gasteiger partial charge in [-0.2, -0.15) is 0 Å². The molecule has 2 amide bonds. The van der Waals surface area contributed by atoms with Gasteiger partial charge in [-0.15, -0.1) is 0 Å². The van der Waals surface area contributed by atoms with Gasteiger partial charge >= 0.3 is 6.03 Å². The summed E-state index contributed by atoms with van der Waals surface area (Å²) in [7, 11) is 0. The first-order valence-corrected chi connectivity index (χ1v) is 7.10. The fourth-order valence-electron chi connectivity index (χ4n) is 1.50. The van der Waals surface area contributed by atoms with Crippen LogP contribution in [-0.2, 0) is 0 Å². The van der Waals surface area contributed by atoms with Crippen LogP contribution in [0.5, 0.6) is 0 Å². The normalized spacial score (nSPS) is 10.1. The number of carbonyl (C=O) groups excluding carboxylic acids is 1. The van der Waals surface area contributed by atoms with Crippen LogP contribution in [0.3, 0.4) is 0 Å². The van der Waals surface area contributed by atoms with Crippen molar-refractivity contribution in [1.29, 1.82) is 0 Å². The lowest BCUT2D eigenvalue weighted by Gasteiger charge is -2.08. The molecule has 0 spiro atoms. The van der Waals surface area contributed by atoms with Crippen LogP contribution in [0.25, 0.3) is 0 Å². The molecule has 2 rings (SSSR count). The molecule has 0 saturated heterocycles. The smallest absolute Gasteiger partial charge is 0.308 e. The minimum absolute atomic E-state index is 0.291. The molecule has 19 heavy (non-hydrogen) atoms. The van der Waals surface area contributed by atoms with E-state index in [2.05, 4.69) is 33.2 Å². The van der Waals surface area contributed by atoms with E-state index in [9.17, 15) is 4.79 Å². The molecular formula is C14H12ClIN2O. The monoisotopic (exact) mass is 386 g/mol. The number of anilines is 2. The highest BCUT2D eigenvalue weighted by molar-refractivity contribution is 14.1. The Morgan fingerprint density at radius 2 is 1.63 bits per heavy atom. The number of urea groups is 1. The van der Waals surface area contributed by atoms with Crippen LogP contribution < -0.4 is 10.6 Å². The Balaban J connectivity index is 2.01. The molecule has 0 fully saturated rings. The maximum Gasteiger partial charge on any atom is 0.323 e. The van der Waals surface area contributed by atoms with Crippen LogP contribution in [0.4, 0.5) is 16.2 Å². The summed E-state index contributed by atoms with van der Waals surface area (Å²) in [4.78, 5) is 11.8. The Hall–Kier alpha value is -1.27. The van der Waals surface area contributed by atoms with Gasteiger partial charge in [-0.25, -0.2) is 4.79 Å². The molecule has 0 atom stereocenters. The number of hydrogen-bond acceptors (Lipinski definition) is 1. The van der Waals surface area contributed by atoms with Crippen LogP contribution >= 0.6 is 34.2 Å². The van der Waals surface area contributed by atoms with Gasteiger partial charge in [0.25, 0.3) is 0 Å². The first-order valence-electron chi connectivity index (χ1n) is 5.64. The van der Waals surface area contributed by atoms with E-state index in [1.54, 1.807) is 6.07 Å². The number of carbonyl (C=O) groups is 1. The van der Waals surface area contributed by atoms with Crippen LogP contribution in [-0.4, -0.2) is 6.03 Å². The summed E-state index contributed by atoms with van der Waals surface area (Å²) in [6.07, 6.45) is 0. The van der Waals surface area contributed by atoms with E-state index in [1.165, 1.54) is 0 Å². The molecule has 0 radical (unpaired) electrons. The van der Waals surface area contributed by atoms with Crippen molar-refractivity contribution >= 4 is 51.6 Å². The molecule has 0 unspecified atom stereocenters. The molecule has 2 N–H and O–H groups in total. The summed E-state index contributed by atoms with van der Waals surface area (Å²) in [5, 5.41) is 6.12. The number of amides is 2. The van der Waals surface area contributed by atoms with Gasteiger partial charge in [0.05, 0.1) is 0 Å². The first-order chi connectivity index (χ1) is 9.04. The van der Waals surface area contributed by atoms with Gasteiger partial charge in [-0.1, -0.05) is 17.7 Å². The molecule has 98 valence electrons. The number of nitrogens with one attached hydrogen (secondary N) is 2. The third kappa shape index (κ3) is 4.11. The average Bonchev–Trinajstić information content (AvgIpc) is 2.37. The fourth-order valence-corrected chi connectivity index (χ4v) is 2.04. The van der Waals surface area contributed by atoms with Gasteiger partial charge in [0, 0.05) is 20.0 Å². The highest BCUT2D eigenvalue weighted by Gasteiger charge is 2.04. The zero-order valence-electron chi connectivity index (χ0n) is 10.2. The molecule has 0 bridgehead atoms. The van der Waals surface area contributed by atoms with Crippen molar-refractivity contribution in [3.8, 4) is 0 Å². The number of benzene rings is 2. The lowest BCUT2D eigenvalue weighted by molar-refractivity contribution is 0.262. The predicted octanol–water partition coefficient (Wildman–Crippen LogP) is 4.90. The summed E-state index contributed by atoms with van der Waals surface area (Å²) in [6, 6.07) is 12.7. The third-order valence-corrected chi connectivity index (χ3v) is 3.66. The summed E-state index contributed by atoms with van der Waals surface area (Å²) in [5.41, 5.74) is 2.39. The fraction of sp³-hybridized carbons (Fsp3) is 0.0714. The third-order valence-electron chi connectivity index (χ3n) is 2.53. The lowest BCUT2D eigenvalue weighted by Crippen LogP contribution is -2.19. The zero-order valence-corrected chi connectivity index (χ0v) is 13.1. The van der Waals surface area contributed by atoms with E-state index >= 15 is 0 Å². The van der Waals surface area contributed by atoms with Crippen molar-refractivity contribution in [1.82, 2.24) is 0 Å². The molecule has 0 saturated carbocycles. The molecule has 0 heterocycles. The average molecular weight is 387 g/mol. The molecule has 0 aliphatic carbocycles. The maximum atomic E-state index is 11.8. The largest absolute Gasteiger partial charge is 0.323 e. The maximum absolute atomic E-state index is 11.8. The Bertz CT molecular complexity index is 599. The van der Waals surface area contributed by atoms with Gasteiger partial charge in [-0.3, -0.25) is 0 Å². The number of halogens is 2. The minimum atomic E-state index is -0.291. The van der Waals surface area contributed by atoms with Crippen molar-refractivity contribution < 1.29 is 4.79 Å². The van der Waals surface area contributed by atoms with Gasteiger partial charge in [0.1, 0.15) is 0 Å². The van der Waals surface area contributed by atoms with Gasteiger partial charge in [0.15, 0.2) is 0 Å². The minimum Gasteiger partial charge on any atom is -0.308 e. The Labute approximate surface area is 130 Å². The standard InChI is InChI=1S/C14H12ClIN2O/c1-9-2-5-12(8-13(9)15)18-14(19)17-11-6-3-10(16)4-7-11/h2-8H,1H3,(H2,17,18,19). The molecule has 5 heteroatoms. The summed E-state index contributed by atoms with van der Waals surface area (Å²) < 4.78 is 1.12. The van der Waals surface area contributed by atoms with E-state index in [0.29, 0.717) is 10.7 Å². The lowest BCUT2D eigenvalue weighted by atomic mass is 10.2. The second-order valence-corrected chi connectivity index (χ2v) is 5.70. The highest BCUT2D eigenvalue weighted by atomic mass is 127. The van der Waals surface area contributed by atoms with E-state index in [0.717, 1.165) is 14.8 Å². The zero-order chi connectivity index (χ0) is 13.8. The molecule has 2 aromatic rings.